The van der Waals surface area contributed by atoms with E-state index in [9.17, 15) is 0 Å². The van der Waals surface area contributed by atoms with Gasteiger partial charge in [0.25, 0.3) is 8.32 Å². The van der Waals surface area contributed by atoms with E-state index >= 15 is 0 Å². The fourth-order valence-corrected chi connectivity index (χ4v) is 9.84. The molecule has 0 spiro atoms. The standard InChI is InChI=1S/C27H40O3Si/c1-9-28-26-17-24(18-27(19-26)29-10-2)12-11-23-13-15-25(16-14-23)30-31(20(3)4,21(5)6)22(7)8/h11-22H,9-10H2,1-8H3. The van der Waals surface area contributed by atoms with Crippen LogP contribution in [0.15, 0.2) is 42.5 Å². The zero-order valence-electron chi connectivity index (χ0n) is 20.6. The Morgan fingerprint density at radius 1 is 0.645 bits per heavy atom. The van der Waals surface area contributed by atoms with Crippen LogP contribution in [0.5, 0.6) is 17.2 Å². The molecule has 0 aromatic heterocycles. The van der Waals surface area contributed by atoms with E-state index in [4.69, 9.17) is 13.9 Å². The molecule has 0 fully saturated rings. The van der Waals surface area contributed by atoms with Crippen molar-refractivity contribution in [3.8, 4) is 17.2 Å². The Kier molecular flexibility index (Phi) is 9.24. The van der Waals surface area contributed by atoms with E-state index in [-0.39, 0.29) is 0 Å². The topological polar surface area (TPSA) is 27.7 Å². The first-order valence-electron chi connectivity index (χ1n) is 11.6. The van der Waals surface area contributed by atoms with Gasteiger partial charge in [-0.1, -0.05) is 65.8 Å². The average molecular weight is 441 g/mol. The number of hydrogen-bond donors (Lipinski definition) is 0. The van der Waals surface area contributed by atoms with Crippen molar-refractivity contribution >= 4 is 20.5 Å². The molecule has 0 aliphatic heterocycles. The molecule has 0 bridgehead atoms. The van der Waals surface area contributed by atoms with Gasteiger partial charge in [0.2, 0.25) is 0 Å². The maximum Gasteiger partial charge on any atom is 0.258 e. The number of benzene rings is 2. The first kappa shape index (κ1) is 25.1. The second kappa shape index (κ2) is 11.4. The predicted molar refractivity (Wildman–Crippen MR) is 136 cm³/mol. The van der Waals surface area contributed by atoms with Gasteiger partial charge in [-0.05, 0) is 65.9 Å². The van der Waals surface area contributed by atoms with Crippen molar-refractivity contribution in [2.75, 3.05) is 13.2 Å². The van der Waals surface area contributed by atoms with Crippen molar-refractivity contribution < 1.29 is 13.9 Å². The minimum absolute atomic E-state index is 0.559. The summed E-state index contributed by atoms with van der Waals surface area (Å²) in [4.78, 5) is 0. The van der Waals surface area contributed by atoms with E-state index in [1.54, 1.807) is 0 Å². The van der Waals surface area contributed by atoms with Gasteiger partial charge in [0.05, 0.1) is 13.2 Å². The Labute approximate surface area is 190 Å². The summed E-state index contributed by atoms with van der Waals surface area (Å²) in [7, 11) is -1.93. The third-order valence-corrected chi connectivity index (χ3v) is 11.9. The van der Waals surface area contributed by atoms with E-state index in [2.05, 4.69) is 78.0 Å². The summed E-state index contributed by atoms with van der Waals surface area (Å²) in [5.41, 5.74) is 3.87. The molecule has 0 radical (unpaired) electrons. The molecule has 0 aliphatic rings. The first-order valence-corrected chi connectivity index (χ1v) is 13.7. The predicted octanol–water partition coefficient (Wildman–Crippen LogP) is 8.21. The maximum atomic E-state index is 6.77. The van der Waals surface area contributed by atoms with E-state index in [0.29, 0.717) is 29.8 Å². The summed E-state index contributed by atoms with van der Waals surface area (Å²) in [5.74, 6) is 2.64. The first-order chi connectivity index (χ1) is 14.7. The second-order valence-electron chi connectivity index (χ2n) is 8.93. The number of ether oxygens (including phenoxy) is 2. The van der Waals surface area contributed by atoms with Crippen LogP contribution >= 0.6 is 0 Å². The summed E-state index contributed by atoms with van der Waals surface area (Å²) in [6.07, 6.45) is 4.21. The highest BCUT2D eigenvalue weighted by atomic mass is 28.4. The second-order valence-corrected chi connectivity index (χ2v) is 14.3. The Bertz CT molecular complexity index is 792. The van der Waals surface area contributed by atoms with Gasteiger partial charge in [-0.25, -0.2) is 0 Å². The summed E-state index contributed by atoms with van der Waals surface area (Å²) < 4.78 is 18.1. The molecular weight excluding hydrogens is 400 g/mol. The van der Waals surface area contributed by atoms with Crippen LogP contribution in [-0.4, -0.2) is 21.5 Å². The van der Waals surface area contributed by atoms with Gasteiger partial charge < -0.3 is 13.9 Å². The minimum atomic E-state index is -1.93. The quantitative estimate of drug-likeness (QED) is 0.260. The Balaban J connectivity index is 2.21. The molecular formula is C27H40O3Si. The molecule has 0 unspecified atom stereocenters. The molecule has 0 heterocycles. The van der Waals surface area contributed by atoms with Crippen molar-refractivity contribution in [3.63, 3.8) is 0 Å². The Hall–Kier alpha value is -2.20. The summed E-state index contributed by atoms with van der Waals surface area (Å²) in [6, 6.07) is 14.5. The zero-order chi connectivity index (χ0) is 23.0. The highest BCUT2D eigenvalue weighted by molar-refractivity contribution is 6.78. The molecule has 0 saturated heterocycles. The van der Waals surface area contributed by atoms with E-state index in [1.807, 2.05) is 32.0 Å². The largest absolute Gasteiger partial charge is 0.543 e. The van der Waals surface area contributed by atoms with Crippen LogP contribution in [0.2, 0.25) is 16.6 Å². The summed E-state index contributed by atoms with van der Waals surface area (Å²) >= 11 is 0. The Morgan fingerprint density at radius 2 is 1.10 bits per heavy atom. The van der Waals surface area contributed by atoms with Crippen LogP contribution in [0.25, 0.3) is 12.2 Å². The lowest BCUT2D eigenvalue weighted by atomic mass is 10.1. The number of rotatable bonds is 11. The molecule has 0 atom stereocenters. The highest BCUT2D eigenvalue weighted by Gasteiger charge is 2.46. The van der Waals surface area contributed by atoms with Crippen LogP contribution in [-0.2, 0) is 0 Å². The molecule has 2 aromatic rings. The molecule has 2 rings (SSSR count). The van der Waals surface area contributed by atoms with Gasteiger partial charge >= 0.3 is 0 Å². The van der Waals surface area contributed by atoms with E-state index in [0.717, 1.165) is 28.4 Å². The monoisotopic (exact) mass is 440 g/mol. The molecule has 0 saturated carbocycles. The van der Waals surface area contributed by atoms with Gasteiger partial charge in [0.15, 0.2) is 0 Å². The van der Waals surface area contributed by atoms with E-state index in [1.165, 1.54) is 0 Å². The molecule has 0 N–H and O–H groups in total. The van der Waals surface area contributed by atoms with Crippen molar-refractivity contribution in [1.82, 2.24) is 0 Å². The Morgan fingerprint density at radius 3 is 1.52 bits per heavy atom. The molecule has 4 heteroatoms. The van der Waals surface area contributed by atoms with E-state index < -0.39 is 8.32 Å². The van der Waals surface area contributed by atoms with Crippen LogP contribution < -0.4 is 13.9 Å². The lowest BCUT2D eigenvalue weighted by molar-refractivity contribution is 0.323. The lowest BCUT2D eigenvalue weighted by Gasteiger charge is -2.42. The molecule has 3 nitrogen and oxygen atoms in total. The average Bonchev–Trinajstić information content (AvgIpc) is 2.71. The van der Waals surface area contributed by atoms with Gasteiger partial charge in [-0.15, -0.1) is 0 Å². The third-order valence-electron chi connectivity index (χ3n) is 5.87. The molecule has 0 aliphatic carbocycles. The van der Waals surface area contributed by atoms with Crippen molar-refractivity contribution in [2.45, 2.75) is 72.0 Å². The highest BCUT2D eigenvalue weighted by Crippen LogP contribution is 2.42. The summed E-state index contributed by atoms with van der Waals surface area (Å²) in [5, 5.41) is 0. The van der Waals surface area contributed by atoms with Gasteiger partial charge in [0.1, 0.15) is 17.2 Å². The van der Waals surface area contributed by atoms with Crippen LogP contribution in [0.3, 0.4) is 0 Å². The molecule has 31 heavy (non-hydrogen) atoms. The normalized spacial score (nSPS) is 12.2. The minimum Gasteiger partial charge on any atom is -0.543 e. The van der Waals surface area contributed by atoms with Gasteiger partial charge in [0, 0.05) is 6.07 Å². The van der Waals surface area contributed by atoms with Gasteiger partial charge in [-0.2, -0.15) is 0 Å². The van der Waals surface area contributed by atoms with Crippen LogP contribution in [0.4, 0.5) is 0 Å². The van der Waals surface area contributed by atoms with Gasteiger partial charge in [-0.3, -0.25) is 0 Å². The molecule has 2 aromatic carbocycles. The maximum absolute atomic E-state index is 6.77. The van der Waals surface area contributed by atoms with Crippen molar-refractivity contribution in [3.05, 3.63) is 53.6 Å². The zero-order valence-corrected chi connectivity index (χ0v) is 21.6. The fraction of sp³-hybridized carbons (Fsp3) is 0.481. The fourth-order valence-electron chi connectivity index (χ4n) is 4.59. The SMILES string of the molecule is CCOc1cc(C=Cc2ccc(O[Si](C(C)C)(C(C)C)C(C)C)cc2)cc(OCC)c1. The molecule has 170 valence electrons. The van der Waals surface area contributed by atoms with Crippen molar-refractivity contribution in [1.29, 1.82) is 0 Å². The summed E-state index contributed by atoms with van der Waals surface area (Å²) in [6.45, 7) is 19.1. The smallest absolute Gasteiger partial charge is 0.258 e. The number of hydrogen-bond acceptors (Lipinski definition) is 3. The third kappa shape index (κ3) is 6.39. The lowest BCUT2D eigenvalue weighted by Crippen LogP contribution is -2.50. The molecule has 0 amide bonds. The van der Waals surface area contributed by atoms with Crippen LogP contribution in [0, 0.1) is 0 Å². The van der Waals surface area contributed by atoms with Crippen LogP contribution in [0.1, 0.15) is 66.5 Å². The van der Waals surface area contributed by atoms with Crippen molar-refractivity contribution in [2.24, 2.45) is 0 Å².